The van der Waals surface area contributed by atoms with Crippen molar-refractivity contribution in [1.29, 1.82) is 0 Å². The van der Waals surface area contributed by atoms with Crippen molar-refractivity contribution in [3.63, 3.8) is 0 Å². The van der Waals surface area contributed by atoms with Crippen molar-refractivity contribution in [2.45, 2.75) is 12.1 Å². The Hall–Kier alpha value is -2.43. The first-order chi connectivity index (χ1) is 13.8. The van der Waals surface area contributed by atoms with Gasteiger partial charge in [-0.15, -0.1) is 10.2 Å². The van der Waals surface area contributed by atoms with Crippen molar-refractivity contribution < 1.29 is 9.59 Å². The normalized spacial score (nSPS) is 10.8. The fraction of sp³-hybridized carbons (Fsp3) is 0.278. The average molecular weight is 451 g/mol. The zero-order valence-corrected chi connectivity index (χ0v) is 18.7. The van der Waals surface area contributed by atoms with Crippen LogP contribution in [0.1, 0.15) is 15.4 Å². The summed E-state index contributed by atoms with van der Waals surface area (Å²) < 4.78 is 1.79. The molecule has 0 saturated heterocycles. The lowest BCUT2D eigenvalue weighted by Gasteiger charge is -2.07. The van der Waals surface area contributed by atoms with Crippen molar-refractivity contribution in [1.82, 2.24) is 24.6 Å². The molecule has 0 unspecified atom stereocenters. The summed E-state index contributed by atoms with van der Waals surface area (Å²) in [5, 5.41) is 12.6. The van der Waals surface area contributed by atoms with Crippen LogP contribution >= 0.6 is 34.7 Å². The van der Waals surface area contributed by atoms with Crippen LogP contribution in [0.4, 0.5) is 5.13 Å². The third kappa shape index (κ3) is 4.77. The number of hydrogen-bond acceptors (Lipinski definition) is 7. The molecule has 0 radical (unpaired) electrons. The quantitative estimate of drug-likeness (QED) is 0.579. The summed E-state index contributed by atoms with van der Waals surface area (Å²) in [7, 11) is 5.17. The van der Waals surface area contributed by atoms with E-state index in [1.54, 1.807) is 31.7 Å². The highest BCUT2D eigenvalue weighted by Crippen LogP contribution is 2.28. The van der Waals surface area contributed by atoms with Gasteiger partial charge in [-0.2, -0.15) is 0 Å². The lowest BCUT2D eigenvalue weighted by molar-refractivity contribution is -0.113. The molecule has 0 aliphatic heterocycles. The molecule has 2 heterocycles. The van der Waals surface area contributed by atoms with Crippen LogP contribution in [0.3, 0.4) is 0 Å². The molecule has 8 nitrogen and oxygen atoms in total. The number of carbonyl (C=O) groups is 2. The Kier molecular flexibility index (Phi) is 6.56. The molecule has 3 aromatic rings. The number of aromatic nitrogens is 4. The number of anilines is 1. The summed E-state index contributed by atoms with van der Waals surface area (Å²) in [5.41, 5.74) is 1.37. The van der Waals surface area contributed by atoms with E-state index in [0.29, 0.717) is 31.7 Å². The van der Waals surface area contributed by atoms with E-state index in [9.17, 15) is 9.59 Å². The molecule has 0 atom stereocenters. The number of aryl methyl sites for hydroxylation is 1. The minimum atomic E-state index is -0.241. The van der Waals surface area contributed by atoms with Crippen LogP contribution in [0.15, 0.2) is 29.4 Å². The van der Waals surface area contributed by atoms with Gasteiger partial charge in [0.05, 0.1) is 16.5 Å². The second-order valence-electron chi connectivity index (χ2n) is 6.32. The molecule has 11 heteroatoms. The molecular weight excluding hydrogens is 432 g/mol. The Labute approximate surface area is 181 Å². The maximum Gasteiger partial charge on any atom is 0.265 e. The molecule has 0 bridgehead atoms. The van der Waals surface area contributed by atoms with Crippen LogP contribution in [0.25, 0.3) is 11.4 Å². The van der Waals surface area contributed by atoms with Crippen LogP contribution in [0.5, 0.6) is 0 Å². The largest absolute Gasteiger partial charge is 0.344 e. The van der Waals surface area contributed by atoms with Gasteiger partial charge in [-0.05, 0) is 19.1 Å². The van der Waals surface area contributed by atoms with Crippen LogP contribution in [0, 0.1) is 6.92 Å². The molecule has 152 valence electrons. The van der Waals surface area contributed by atoms with E-state index in [4.69, 9.17) is 11.6 Å². The first-order valence-electron chi connectivity index (χ1n) is 8.54. The van der Waals surface area contributed by atoms with Gasteiger partial charge in [-0.1, -0.05) is 46.8 Å². The number of hydrogen-bond donors (Lipinski definition) is 1. The van der Waals surface area contributed by atoms with Crippen LogP contribution < -0.4 is 5.32 Å². The first-order valence-corrected chi connectivity index (χ1v) is 10.7. The molecule has 1 N–H and O–H groups in total. The SMILES string of the molecule is Cc1nc(NC(=O)CSc2nnc(-c3ccccc3Cl)n2C)sc1C(=O)N(C)C. The molecular formula is C18H19ClN6O2S2. The second-order valence-corrected chi connectivity index (χ2v) is 8.66. The molecule has 29 heavy (non-hydrogen) atoms. The number of amides is 2. The number of nitrogens with one attached hydrogen (secondary N) is 1. The number of carbonyl (C=O) groups excluding carboxylic acids is 2. The van der Waals surface area contributed by atoms with Crippen LogP contribution in [0.2, 0.25) is 5.02 Å². The fourth-order valence-electron chi connectivity index (χ4n) is 2.45. The van der Waals surface area contributed by atoms with Gasteiger partial charge in [-0.25, -0.2) is 4.98 Å². The minimum absolute atomic E-state index is 0.129. The predicted octanol–water partition coefficient (Wildman–Crippen LogP) is 3.33. The van der Waals surface area contributed by atoms with Gasteiger partial charge in [-0.3, -0.25) is 9.59 Å². The van der Waals surface area contributed by atoms with Gasteiger partial charge in [0.25, 0.3) is 5.91 Å². The molecule has 0 fully saturated rings. The zero-order chi connectivity index (χ0) is 21.1. The van der Waals surface area contributed by atoms with Gasteiger partial charge < -0.3 is 14.8 Å². The highest BCUT2D eigenvalue weighted by atomic mass is 35.5. The van der Waals surface area contributed by atoms with E-state index >= 15 is 0 Å². The minimum Gasteiger partial charge on any atom is -0.344 e. The number of benzene rings is 1. The Bertz CT molecular complexity index is 1060. The Balaban J connectivity index is 1.64. The first kappa shape index (κ1) is 21.3. The average Bonchev–Trinajstić information content (AvgIpc) is 3.22. The van der Waals surface area contributed by atoms with Crippen molar-refractivity contribution in [2.24, 2.45) is 7.05 Å². The number of rotatable bonds is 6. The van der Waals surface area contributed by atoms with E-state index in [0.717, 1.165) is 16.9 Å². The third-order valence-electron chi connectivity index (χ3n) is 3.93. The lowest BCUT2D eigenvalue weighted by Crippen LogP contribution is -2.21. The molecule has 2 amide bonds. The Morgan fingerprint density at radius 3 is 2.69 bits per heavy atom. The monoisotopic (exact) mass is 450 g/mol. The zero-order valence-electron chi connectivity index (χ0n) is 16.3. The molecule has 2 aromatic heterocycles. The van der Waals surface area contributed by atoms with Gasteiger partial charge in [0.2, 0.25) is 5.91 Å². The standard InChI is InChI=1S/C18H19ClN6O2S2/c1-10-14(16(27)24(2)3)29-17(20-10)21-13(26)9-28-18-23-22-15(25(18)4)11-7-5-6-8-12(11)19/h5-8H,9H2,1-4H3,(H,20,21,26). The molecule has 0 saturated carbocycles. The molecule has 0 aliphatic carbocycles. The van der Waals surface area contributed by atoms with E-state index in [1.165, 1.54) is 16.7 Å². The van der Waals surface area contributed by atoms with Gasteiger partial charge in [0, 0.05) is 26.7 Å². The van der Waals surface area contributed by atoms with Crippen molar-refractivity contribution >= 4 is 51.6 Å². The maximum absolute atomic E-state index is 12.3. The smallest absolute Gasteiger partial charge is 0.265 e. The second kappa shape index (κ2) is 8.93. The van der Waals surface area contributed by atoms with Crippen molar-refractivity contribution in [3.8, 4) is 11.4 Å². The number of halogens is 1. The van der Waals surface area contributed by atoms with Crippen LogP contribution in [-0.4, -0.2) is 56.3 Å². The number of nitrogens with zero attached hydrogens (tertiary/aromatic N) is 5. The Morgan fingerprint density at radius 1 is 1.28 bits per heavy atom. The predicted molar refractivity (Wildman–Crippen MR) is 116 cm³/mol. The van der Waals surface area contributed by atoms with Gasteiger partial charge in [0.15, 0.2) is 16.1 Å². The van der Waals surface area contributed by atoms with E-state index in [-0.39, 0.29) is 17.6 Å². The van der Waals surface area contributed by atoms with Crippen molar-refractivity contribution in [2.75, 3.05) is 25.2 Å². The van der Waals surface area contributed by atoms with Crippen LogP contribution in [-0.2, 0) is 11.8 Å². The summed E-state index contributed by atoms with van der Waals surface area (Å²) in [6, 6.07) is 7.38. The highest BCUT2D eigenvalue weighted by molar-refractivity contribution is 7.99. The van der Waals surface area contributed by atoms with E-state index in [1.807, 2.05) is 25.2 Å². The topological polar surface area (TPSA) is 93.0 Å². The van der Waals surface area contributed by atoms with E-state index < -0.39 is 0 Å². The number of thioether (sulfide) groups is 1. The lowest BCUT2D eigenvalue weighted by atomic mass is 10.2. The molecule has 0 aliphatic rings. The Morgan fingerprint density at radius 2 is 2.00 bits per heavy atom. The molecule has 1 aromatic carbocycles. The highest BCUT2D eigenvalue weighted by Gasteiger charge is 2.19. The van der Waals surface area contributed by atoms with Gasteiger partial charge in [0.1, 0.15) is 4.88 Å². The van der Waals surface area contributed by atoms with Gasteiger partial charge >= 0.3 is 0 Å². The summed E-state index contributed by atoms with van der Waals surface area (Å²) in [4.78, 5) is 30.7. The third-order valence-corrected chi connectivity index (χ3v) is 6.34. The maximum atomic E-state index is 12.3. The summed E-state index contributed by atoms with van der Waals surface area (Å²) >= 11 is 8.64. The molecule has 3 rings (SSSR count). The summed E-state index contributed by atoms with van der Waals surface area (Å²) in [6.45, 7) is 1.74. The van der Waals surface area contributed by atoms with Crippen molar-refractivity contribution in [3.05, 3.63) is 39.9 Å². The fourth-order valence-corrected chi connectivity index (χ4v) is 4.39. The number of thiazole rings is 1. The van der Waals surface area contributed by atoms with E-state index in [2.05, 4.69) is 20.5 Å². The summed E-state index contributed by atoms with van der Waals surface area (Å²) in [6.07, 6.45) is 0. The summed E-state index contributed by atoms with van der Waals surface area (Å²) in [5.74, 6) is 0.376. The molecule has 0 spiro atoms.